The summed E-state index contributed by atoms with van der Waals surface area (Å²) in [5.41, 5.74) is 2.16. The predicted octanol–water partition coefficient (Wildman–Crippen LogP) is 2.62. The molecule has 2 aliphatic heterocycles. The van der Waals surface area contributed by atoms with E-state index >= 15 is 0 Å². The fourth-order valence-electron chi connectivity index (χ4n) is 3.59. The van der Waals surface area contributed by atoms with Crippen molar-refractivity contribution in [2.75, 3.05) is 18.0 Å². The highest BCUT2D eigenvalue weighted by Crippen LogP contribution is 2.32. The van der Waals surface area contributed by atoms with E-state index < -0.39 is 0 Å². The monoisotopic (exact) mass is 275 g/mol. The smallest absolute Gasteiger partial charge is 0.271 e. The van der Waals surface area contributed by atoms with Crippen molar-refractivity contribution in [2.24, 2.45) is 0 Å². The maximum Gasteiger partial charge on any atom is 0.271 e. The molecule has 2 unspecified atom stereocenters. The van der Waals surface area contributed by atoms with Crippen LogP contribution in [-0.2, 0) is 0 Å². The quantitative estimate of drug-likeness (QED) is 0.680. The molecule has 0 saturated carbocycles. The van der Waals surface area contributed by atoms with Gasteiger partial charge >= 0.3 is 0 Å². The van der Waals surface area contributed by atoms with Crippen LogP contribution in [0.2, 0.25) is 0 Å². The number of nitro groups is 1. The first kappa shape index (κ1) is 13.4. The van der Waals surface area contributed by atoms with Crippen LogP contribution in [0, 0.1) is 17.0 Å². The number of anilines is 1. The van der Waals surface area contributed by atoms with Gasteiger partial charge in [0.05, 0.1) is 4.92 Å². The molecule has 5 heteroatoms. The average Bonchev–Trinajstić information content (AvgIpc) is 3.08. The molecule has 3 rings (SSSR count). The number of nitrogens with zero attached hydrogens (tertiary/aromatic N) is 2. The van der Waals surface area contributed by atoms with Gasteiger partial charge in [0.1, 0.15) is 0 Å². The van der Waals surface area contributed by atoms with Gasteiger partial charge in [-0.1, -0.05) is 0 Å². The van der Waals surface area contributed by atoms with Crippen molar-refractivity contribution >= 4 is 11.4 Å². The van der Waals surface area contributed by atoms with Crippen LogP contribution in [0.3, 0.4) is 0 Å². The molecular weight excluding hydrogens is 254 g/mol. The van der Waals surface area contributed by atoms with Crippen molar-refractivity contribution in [3.05, 3.63) is 33.9 Å². The van der Waals surface area contributed by atoms with Crippen LogP contribution >= 0.6 is 0 Å². The molecule has 2 saturated heterocycles. The molecule has 0 aromatic heterocycles. The lowest BCUT2D eigenvalue weighted by molar-refractivity contribution is -0.384. The zero-order valence-electron chi connectivity index (χ0n) is 11.8. The van der Waals surface area contributed by atoms with Gasteiger partial charge in [0.15, 0.2) is 0 Å². The van der Waals surface area contributed by atoms with Crippen molar-refractivity contribution in [3.63, 3.8) is 0 Å². The Bertz CT molecular complexity index is 512. The van der Waals surface area contributed by atoms with Gasteiger partial charge in [-0.3, -0.25) is 10.1 Å². The molecule has 5 nitrogen and oxygen atoms in total. The minimum atomic E-state index is -0.296. The van der Waals surface area contributed by atoms with E-state index in [0.29, 0.717) is 12.1 Å². The minimum absolute atomic E-state index is 0.199. The molecule has 1 aromatic rings. The molecule has 0 bridgehead atoms. The summed E-state index contributed by atoms with van der Waals surface area (Å²) in [5.74, 6) is 0. The summed E-state index contributed by atoms with van der Waals surface area (Å²) in [6.07, 6.45) is 4.81. The summed E-state index contributed by atoms with van der Waals surface area (Å²) >= 11 is 0. The van der Waals surface area contributed by atoms with Gasteiger partial charge in [0.25, 0.3) is 5.69 Å². The van der Waals surface area contributed by atoms with E-state index in [2.05, 4.69) is 16.3 Å². The van der Waals surface area contributed by atoms with E-state index in [0.717, 1.165) is 24.3 Å². The molecular formula is C15H21N3O2. The van der Waals surface area contributed by atoms with E-state index in [-0.39, 0.29) is 10.6 Å². The third-order valence-corrected chi connectivity index (χ3v) is 4.45. The Morgan fingerprint density at radius 2 is 2.15 bits per heavy atom. The summed E-state index contributed by atoms with van der Waals surface area (Å²) in [6, 6.07) is 6.46. The van der Waals surface area contributed by atoms with Gasteiger partial charge in [0, 0.05) is 36.4 Å². The molecule has 0 amide bonds. The minimum Gasteiger partial charge on any atom is -0.367 e. The molecule has 0 aliphatic carbocycles. The van der Waals surface area contributed by atoms with Gasteiger partial charge in [-0.15, -0.1) is 0 Å². The van der Waals surface area contributed by atoms with E-state index in [1.807, 2.05) is 6.92 Å². The van der Waals surface area contributed by atoms with Crippen molar-refractivity contribution < 1.29 is 4.92 Å². The fourth-order valence-corrected chi connectivity index (χ4v) is 3.59. The zero-order valence-corrected chi connectivity index (χ0v) is 11.8. The summed E-state index contributed by atoms with van der Waals surface area (Å²) in [6.45, 7) is 4.03. The maximum atomic E-state index is 11.0. The number of nitrogens with one attached hydrogen (secondary N) is 1. The lowest BCUT2D eigenvalue weighted by Crippen LogP contribution is -2.44. The van der Waals surface area contributed by atoms with E-state index in [9.17, 15) is 10.1 Å². The van der Waals surface area contributed by atoms with Gasteiger partial charge in [-0.2, -0.15) is 0 Å². The van der Waals surface area contributed by atoms with Gasteiger partial charge in [-0.05, 0) is 50.8 Å². The SMILES string of the molecule is Cc1cc(N2CCCC2C2CCCN2)cc([N+](=O)[O-])c1. The highest BCUT2D eigenvalue weighted by molar-refractivity contribution is 5.57. The second-order valence-corrected chi connectivity index (χ2v) is 5.89. The van der Waals surface area contributed by atoms with Crippen molar-refractivity contribution in [3.8, 4) is 0 Å². The second kappa shape index (κ2) is 5.40. The number of nitro benzene ring substituents is 1. The van der Waals surface area contributed by atoms with Gasteiger partial charge in [0.2, 0.25) is 0 Å². The van der Waals surface area contributed by atoms with Crippen molar-refractivity contribution in [1.82, 2.24) is 5.32 Å². The molecule has 20 heavy (non-hydrogen) atoms. The number of non-ortho nitro benzene ring substituents is 1. The lowest BCUT2D eigenvalue weighted by atomic mass is 10.0. The van der Waals surface area contributed by atoms with Crippen LogP contribution in [0.15, 0.2) is 18.2 Å². The normalized spacial score (nSPS) is 26.1. The van der Waals surface area contributed by atoms with Gasteiger partial charge < -0.3 is 10.2 Å². The van der Waals surface area contributed by atoms with Crippen molar-refractivity contribution in [2.45, 2.75) is 44.7 Å². The molecule has 2 atom stereocenters. The lowest BCUT2D eigenvalue weighted by Gasteiger charge is -2.31. The van der Waals surface area contributed by atoms with E-state index in [1.165, 1.54) is 25.7 Å². The Kier molecular flexibility index (Phi) is 3.61. The third kappa shape index (κ3) is 2.50. The Balaban J connectivity index is 1.88. The molecule has 1 N–H and O–H groups in total. The number of hydrogen-bond acceptors (Lipinski definition) is 4. The predicted molar refractivity (Wildman–Crippen MR) is 79.2 cm³/mol. The van der Waals surface area contributed by atoms with Crippen LogP contribution in [-0.4, -0.2) is 30.1 Å². The average molecular weight is 275 g/mol. The third-order valence-electron chi connectivity index (χ3n) is 4.45. The summed E-state index contributed by atoms with van der Waals surface area (Å²) in [5, 5.41) is 14.6. The molecule has 108 valence electrons. The molecule has 2 fully saturated rings. The van der Waals surface area contributed by atoms with Crippen LogP contribution in [0.5, 0.6) is 0 Å². The first-order valence-corrected chi connectivity index (χ1v) is 7.41. The summed E-state index contributed by atoms with van der Waals surface area (Å²) in [7, 11) is 0. The topological polar surface area (TPSA) is 58.4 Å². The Morgan fingerprint density at radius 3 is 2.85 bits per heavy atom. The molecule has 2 heterocycles. The van der Waals surface area contributed by atoms with Crippen LogP contribution in [0.4, 0.5) is 11.4 Å². The van der Waals surface area contributed by atoms with Crippen LogP contribution in [0.1, 0.15) is 31.2 Å². The van der Waals surface area contributed by atoms with Crippen LogP contribution < -0.4 is 10.2 Å². The van der Waals surface area contributed by atoms with E-state index in [1.54, 1.807) is 12.1 Å². The van der Waals surface area contributed by atoms with Crippen LogP contribution in [0.25, 0.3) is 0 Å². The first-order chi connectivity index (χ1) is 9.65. The number of benzene rings is 1. The largest absolute Gasteiger partial charge is 0.367 e. The number of rotatable bonds is 3. The Labute approximate surface area is 119 Å². The Hall–Kier alpha value is -1.62. The number of aryl methyl sites for hydroxylation is 1. The maximum absolute atomic E-state index is 11.0. The molecule has 0 radical (unpaired) electrons. The van der Waals surface area contributed by atoms with Crippen molar-refractivity contribution in [1.29, 1.82) is 0 Å². The molecule has 1 aromatic carbocycles. The fraction of sp³-hybridized carbons (Fsp3) is 0.600. The summed E-state index contributed by atoms with van der Waals surface area (Å²) in [4.78, 5) is 13.1. The zero-order chi connectivity index (χ0) is 14.1. The second-order valence-electron chi connectivity index (χ2n) is 5.89. The first-order valence-electron chi connectivity index (χ1n) is 7.41. The van der Waals surface area contributed by atoms with Gasteiger partial charge in [-0.25, -0.2) is 0 Å². The number of hydrogen-bond donors (Lipinski definition) is 1. The molecule has 0 spiro atoms. The molecule has 2 aliphatic rings. The Morgan fingerprint density at radius 1 is 1.30 bits per heavy atom. The highest BCUT2D eigenvalue weighted by atomic mass is 16.6. The van der Waals surface area contributed by atoms with E-state index in [4.69, 9.17) is 0 Å². The highest BCUT2D eigenvalue weighted by Gasteiger charge is 2.33. The standard InChI is InChI=1S/C15H21N3O2/c1-11-8-12(10-13(9-11)18(19)20)17-7-3-5-15(17)14-4-2-6-16-14/h8-10,14-16H,2-7H2,1H3. The summed E-state index contributed by atoms with van der Waals surface area (Å²) < 4.78 is 0.